The zero-order valence-electron chi connectivity index (χ0n) is 17.2. The molecule has 0 aromatic heterocycles. The monoisotopic (exact) mass is 472 g/mol. The third-order valence-electron chi connectivity index (χ3n) is 5.17. The molecule has 2 aromatic carbocycles. The standard InChI is InChI=1S/C21H20N4O7S/c1-2-8-18(19(26)27)32-25-17-13-23(21(25)29)24(16-12-7-6-11-15(16)17)20(28)22-33(30,31)14-9-4-3-5-10-14/h2-7,9-12,17-18H,1,8,13H2,(H,22,28)(H,26,27). The highest BCUT2D eigenvalue weighted by Crippen LogP contribution is 2.42. The number of rotatable bonds is 7. The number of hydrogen-bond donors (Lipinski definition) is 2. The Kier molecular flexibility index (Phi) is 5.78. The molecular formula is C21H20N4O7S. The molecule has 2 aromatic rings. The normalized spacial score (nSPS) is 18.0. The van der Waals surface area contributed by atoms with Crippen molar-refractivity contribution in [1.29, 1.82) is 0 Å². The number of anilines is 1. The molecule has 172 valence electrons. The van der Waals surface area contributed by atoms with Crippen LogP contribution in [0.25, 0.3) is 0 Å². The van der Waals surface area contributed by atoms with Crippen molar-refractivity contribution in [1.82, 2.24) is 14.8 Å². The van der Waals surface area contributed by atoms with Gasteiger partial charge in [0.15, 0.2) is 6.10 Å². The highest BCUT2D eigenvalue weighted by atomic mass is 32.2. The number of carboxylic acids is 1. The quantitative estimate of drug-likeness (QED) is 0.590. The molecule has 11 nitrogen and oxygen atoms in total. The molecule has 4 rings (SSSR count). The Hall–Kier alpha value is -3.90. The van der Waals surface area contributed by atoms with Crippen LogP contribution in [0.5, 0.6) is 0 Å². The van der Waals surface area contributed by atoms with Gasteiger partial charge in [0.2, 0.25) is 0 Å². The van der Waals surface area contributed by atoms with Crippen molar-refractivity contribution in [2.75, 3.05) is 11.6 Å². The van der Waals surface area contributed by atoms with E-state index in [1.165, 1.54) is 30.3 Å². The molecule has 2 atom stereocenters. The zero-order chi connectivity index (χ0) is 23.8. The lowest BCUT2D eigenvalue weighted by atomic mass is 10.0. The van der Waals surface area contributed by atoms with Gasteiger partial charge in [-0.25, -0.2) is 32.5 Å². The second kappa shape index (κ2) is 8.56. The van der Waals surface area contributed by atoms with Gasteiger partial charge in [0, 0.05) is 12.0 Å². The predicted octanol–water partition coefficient (Wildman–Crippen LogP) is 2.26. The molecule has 0 spiro atoms. The number of hydrazine groups is 1. The molecule has 2 heterocycles. The Balaban J connectivity index is 1.67. The van der Waals surface area contributed by atoms with Crippen molar-refractivity contribution in [3.63, 3.8) is 0 Å². The van der Waals surface area contributed by atoms with E-state index in [2.05, 4.69) is 6.58 Å². The predicted molar refractivity (Wildman–Crippen MR) is 115 cm³/mol. The Labute approximate surface area is 189 Å². The van der Waals surface area contributed by atoms with Gasteiger partial charge in [-0.3, -0.25) is 4.84 Å². The second-order valence-corrected chi connectivity index (χ2v) is 8.94. The van der Waals surface area contributed by atoms with E-state index in [1.807, 2.05) is 4.72 Å². The van der Waals surface area contributed by atoms with Crippen LogP contribution in [0.15, 0.2) is 72.1 Å². The van der Waals surface area contributed by atoms with Gasteiger partial charge in [0.1, 0.15) is 6.04 Å². The number of hydrogen-bond acceptors (Lipinski definition) is 6. The van der Waals surface area contributed by atoms with E-state index in [0.29, 0.717) is 5.56 Å². The molecular weight excluding hydrogens is 452 g/mol. The van der Waals surface area contributed by atoms with Gasteiger partial charge in [0.25, 0.3) is 10.0 Å². The van der Waals surface area contributed by atoms with Crippen LogP contribution in [0.3, 0.4) is 0 Å². The van der Waals surface area contributed by atoms with E-state index in [4.69, 9.17) is 4.84 Å². The largest absolute Gasteiger partial charge is 0.479 e. The van der Waals surface area contributed by atoms with Crippen molar-refractivity contribution in [3.8, 4) is 0 Å². The van der Waals surface area contributed by atoms with Crippen LogP contribution >= 0.6 is 0 Å². The Bertz CT molecular complexity index is 1220. The third-order valence-corrected chi connectivity index (χ3v) is 6.50. The number of benzene rings is 2. The van der Waals surface area contributed by atoms with Crippen molar-refractivity contribution in [2.45, 2.75) is 23.5 Å². The molecule has 2 bridgehead atoms. The van der Waals surface area contributed by atoms with E-state index >= 15 is 0 Å². The van der Waals surface area contributed by atoms with Crippen LogP contribution in [-0.4, -0.2) is 54.3 Å². The number of sulfonamides is 1. The van der Waals surface area contributed by atoms with Gasteiger partial charge in [0.05, 0.1) is 17.1 Å². The number of carbonyl (C=O) groups excluding carboxylic acids is 2. The lowest BCUT2D eigenvalue weighted by Crippen LogP contribution is -2.54. The molecule has 2 aliphatic heterocycles. The van der Waals surface area contributed by atoms with Crippen LogP contribution in [0, 0.1) is 0 Å². The van der Waals surface area contributed by atoms with Crippen LogP contribution in [0.2, 0.25) is 0 Å². The summed E-state index contributed by atoms with van der Waals surface area (Å²) in [5.74, 6) is -1.28. The molecule has 33 heavy (non-hydrogen) atoms. The zero-order valence-corrected chi connectivity index (χ0v) is 18.0. The smallest absolute Gasteiger partial charge is 0.363 e. The number of para-hydroxylation sites is 1. The fourth-order valence-corrected chi connectivity index (χ4v) is 4.63. The number of nitrogens with one attached hydrogen (secondary N) is 1. The number of amides is 4. The van der Waals surface area contributed by atoms with Gasteiger partial charge >= 0.3 is 18.0 Å². The highest BCUT2D eigenvalue weighted by molar-refractivity contribution is 7.90. The minimum atomic E-state index is -4.21. The number of fused-ring (bicyclic) bond motifs is 4. The van der Waals surface area contributed by atoms with Crippen molar-refractivity contribution >= 4 is 33.7 Å². The molecule has 2 N–H and O–H groups in total. The fraction of sp³-hybridized carbons (Fsp3) is 0.190. The lowest BCUT2D eigenvalue weighted by Gasteiger charge is -2.35. The molecule has 12 heteroatoms. The molecule has 1 fully saturated rings. The maximum absolute atomic E-state index is 13.1. The number of nitrogens with zero attached hydrogens (tertiary/aromatic N) is 3. The van der Waals surface area contributed by atoms with E-state index in [0.717, 1.165) is 15.1 Å². The first-order chi connectivity index (χ1) is 15.7. The first kappa shape index (κ1) is 22.3. The van der Waals surface area contributed by atoms with Crippen molar-refractivity contribution < 1.29 is 32.7 Å². The number of carbonyl (C=O) groups is 3. The van der Waals surface area contributed by atoms with Crippen molar-refractivity contribution in [3.05, 3.63) is 72.8 Å². The minimum Gasteiger partial charge on any atom is -0.479 e. The van der Waals surface area contributed by atoms with E-state index in [1.54, 1.807) is 30.3 Å². The number of urea groups is 2. The summed E-state index contributed by atoms with van der Waals surface area (Å²) < 4.78 is 27.3. The van der Waals surface area contributed by atoms with Crippen LogP contribution < -0.4 is 9.73 Å². The molecule has 1 saturated heterocycles. The first-order valence-corrected chi connectivity index (χ1v) is 11.3. The van der Waals surface area contributed by atoms with Gasteiger partial charge in [-0.1, -0.05) is 42.5 Å². The summed E-state index contributed by atoms with van der Waals surface area (Å²) in [6.07, 6.45) is -0.0548. The molecule has 0 aliphatic carbocycles. The Morgan fingerprint density at radius 1 is 1.18 bits per heavy atom. The number of aliphatic carboxylic acids is 1. The number of hydroxylamine groups is 2. The van der Waals surface area contributed by atoms with E-state index in [-0.39, 0.29) is 23.5 Å². The summed E-state index contributed by atoms with van der Waals surface area (Å²) in [5, 5.41) is 12.2. The maximum atomic E-state index is 13.1. The first-order valence-electron chi connectivity index (χ1n) is 9.86. The second-order valence-electron chi connectivity index (χ2n) is 7.26. The summed E-state index contributed by atoms with van der Waals surface area (Å²) in [7, 11) is -4.21. The average molecular weight is 472 g/mol. The van der Waals surface area contributed by atoms with Gasteiger partial charge < -0.3 is 5.11 Å². The van der Waals surface area contributed by atoms with Crippen LogP contribution in [0.1, 0.15) is 18.0 Å². The fourth-order valence-electron chi connectivity index (χ4n) is 3.68. The van der Waals surface area contributed by atoms with E-state index in [9.17, 15) is 27.9 Å². The minimum absolute atomic E-state index is 0.0465. The summed E-state index contributed by atoms with van der Waals surface area (Å²) in [6.45, 7) is 3.45. The summed E-state index contributed by atoms with van der Waals surface area (Å²) in [5.41, 5.74) is 0.763. The van der Waals surface area contributed by atoms with Crippen LogP contribution in [0.4, 0.5) is 15.3 Å². The number of carboxylic acid groups (broad SMARTS) is 1. The van der Waals surface area contributed by atoms with Gasteiger partial charge in [-0.15, -0.1) is 6.58 Å². The molecule has 0 saturated carbocycles. The van der Waals surface area contributed by atoms with Gasteiger partial charge in [-0.2, -0.15) is 10.1 Å². The summed E-state index contributed by atoms with van der Waals surface area (Å²) >= 11 is 0. The molecule has 2 unspecified atom stereocenters. The molecule has 2 aliphatic rings. The third kappa shape index (κ3) is 4.01. The summed E-state index contributed by atoms with van der Waals surface area (Å²) in [6, 6.07) is 11.3. The van der Waals surface area contributed by atoms with E-state index < -0.39 is 40.2 Å². The maximum Gasteiger partial charge on any atom is 0.363 e. The molecule has 4 amide bonds. The average Bonchev–Trinajstić information content (AvgIpc) is 3.06. The topological polar surface area (TPSA) is 137 Å². The Morgan fingerprint density at radius 2 is 1.85 bits per heavy atom. The SMILES string of the molecule is C=CCC(ON1C(=O)N2CC1c1ccccc1N2C(=O)NS(=O)(=O)c1ccccc1)C(=O)O. The molecule has 0 radical (unpaired) electrons. The summed E-state index contributed by atoms with van der Waals surface area (Å²) in [4.78, 5) is 43.1. The van der Waals surface area contributed by atoms with Crippen molar-refractivity contribution in [2.24, 2.45) is 0 Å². The lowest BCUT2D eigenvalue weighted by molar-refractivity contribution is -0.193. The van der Waals surface area contributed by atoms with Gasteiger partial charge in [-0.05, 0) is 18.2 Å². The Morgan fingerprint density at radius 3 is 2.52 bits per heavy atom. The van der Waals surface area contributed by atoms with Crippen LogP contribution in [-0.2, 0) is 19.7 Å². The highest BCUT2D eigenvalue weighted by Gasteiger charge is 2.51.